The van der Waals surface area contributed by atoms with Crippen molar-refractivity contribution in [2.24, 2.45) is 0 Å². The number of hydrogen-bond donors (Lipinski definition) is 2. The first-order valence-electron chi connectivity index (χ1n) is 9.69. The van der Waals surface area contributed by atoms with Crippen LogP contribution in [0.3, 0.4) is 0 Å². The van der Waals surface area contributed by atoms with Crippen LogP contribution >= 0.6 is 11.3 Å². The van der Waals surface area contributed by atoms with Crippen LogP contribution in [0, 0.1) is 0 Å². The number of nitrogens with zero attached hydrogens (tertiary/aromatic N) is 4. The summed E-state index contributed by atoms with van der Waals surface area (Å²) in [4.78, 5) is 15.7. The molecule has 1 aliphatic rings. The summed E-state index contributed by atoms with van der Waals surface area (Å²) in [6, 6.07) is 17.3. The zero-order chi connectivity index (χ0) is 20.5. The molecule has 4 heterocycles. The Morgan fingerprint density at radius 2 is 1.93 bits per heavy atom. The summed E-state index contributed by atoms with van der Waals surface area (Å²) < 4.78 is 6.46. The van der Waals surface area contributed by atoms with E-state index in [1.807, 2.05) is 53.4 Å². The van der Waals surface area contributed by atoms with E-state index in [0.29, 0.717) is 46.3 Å². The second kappa shape index (κ2) is 8.08. The molecule has 0 amide bonds. The Balaban J connectivity index is 1.42. The van der Waals surface area contributed by atoms with E-state index in [9.17, 15) is 10.2 Å². The van der Waals surface area contributed by atoms with Crippen LogP contribution in [0.5, 0.6) is 5.88 Å². The van der Waals surface area contributed by atoms with Gasteiger partial charge in [-0.25, -0.2) is 4.98 Å². The highest BCUT2D eigenvalue weighted by Crippen LogP contribution is 2.37. The summed E-state index contributed by atoms with van der Waals surface area (Å²) >= 11 is 1.30. The number of morpholine rings is 1. The molecule has 0 radical (unpaired) electrons. The highest BCUT2D eigenvalue weighted by Gasteiger charge is 2.28. The first-order valence-corrected chi connectivity index (χ1v) is 10.5. The molecule has 3 aromatic heterocycles. The lowest BCUT2D eigenvalue weighted by molar-refractivity contribution is -0.0955. The molecule has 0 bridgehead atoms. The molecule has 30 heavy (non-hydrogen) atoms. The molecule has 0 aliphatic carbocycles. The molecule has 0 spiro atoms. The van der Waals surface area contributed by atoms with E-state index in [1.54, 1.807) is 12.3 Å². The van der Waals surface area contributed by atoms with Gasteiger partial charge in [0.2, 0.25) is 5.88 Å². The van der Waals surface area contributed by atoms with E-state index in [1.165, 1.54) is 11.3 Å². The Labute approximate surface area is 177 Å². The summed E-state index contributed by atoms with van der Waals surface area (Å²) in [7, 11) is 0. The third-order valence-electron chi connectivity index (χ3n) is 5.14. The lowest BCUT2D eigenvalue weighted by Gasteiger charge is -2.35. The van der Waals surface area contributed by atoms with Gasteiger partial charge in [-0.3, -0.25) is 9.88 Å². The maximum atomic E-state index is 11.0. The molecule has 152 valence electrons. The van der Waals surface area contributed by atoms with Crippen molar-refractivity contribution in [2.45, 2.75) is 12.3 Å². The minimum atomic E-state index is -0.808. The Kier molecular flexibility index (Phi) is 5.14. The first kappa shape index (κ1) is 19.1. The molecule has 7 nitrogen and oxygen atoms in total. The van der Waals surface area contributed by atoms with E-state index >= 15 is 0 Å². The van der Waals surface area contributed by atoms with Gasteiger partial charge in [-0.15, -0.1) is 11.3 Å². The number of hydrogen-bond acceptors (Lipinski definition) is 8. The summed E-state index contributed by atoms with van der Waals surface area (Å²) in [6.45, 7) is 1.74. The highest BCUT2D eigenvalue weighted by molar-refractivity contribution is 7.19. The van der Waals surface area contributed by atoms with Crippen molar-refractivity contribution in [1.82, 2.24) is 19.9 Å². The van der Waals surface area contributed by atoms with Gasteiger partial charge in [0, 0.05) is 19.3 Å². The lowest BCUT2D eigenvalue weighted by Crippen LogP contribution is -2.40. The summed E-state index contributed by atoms with van der Waals surface area (Å²) in [5, 5.41) is 21.5. The van der Waals surface area contributed by atoms with Crippen LogP contribution in [0.15, 0.2) is 60.8 Å². The first-order chi connectivity index (χ1) is 14.7. The van der Waals surface area contributed by atoms with E-state index in [4.69, 9.17) is 4.74 Å². The van der Waals surface area contributed by atoms with Crippen LogP contribution in [-0.4, -0.2) is 49.8 Å². The van der Waals surface area contributed by atoms with Gasteiger partial charge in [0.1, 0.15) is 16.6 Å². The van der Waals surface area contributed by atoms with Crippen molar-refractivity contribution in [1.29, 1.82) is 0 Å². The quantitative estimate of drug-likeness (QED) is 0.522. The molecular weight excluding hydrogens is 400 g/mol. The SMILES string of the molecule is Oc1nc(-c2ccccn2)nc2cc([C@@H](O)N3CCOC(c4ccccc4)C3)sc12. The zero-order valence-corrected chi connectivity index (χ0v) is 16.9. The Bertz CT molecular complexity index is 1150. The van der Waals surface area contributed by atoms with Crippen molar-refractivity contribution < 1.29 is 14.9 Å². The van der Waals surface area contributed by atoms with Gasteiger partial charge in [0.15, 0.2) is 5.82 Å². The topological polar surface area (TPSA) is 91.6 Å². The Hall–Kier alpha value is -2.91. The van der Waals surface area contributed by atoms with E-state index < -0.39 is 6.23 Å². The fraction of sp³-hybridized carbons (Fsp3) is 0.227. The lowest BCUT2D eigenvalue weighted by atomic mass is 10.1. The van der Waals surface area contributed by atoms with Crippen molar-refractivity contribution in [3.63, 3.8) is 0 Å². The van der Waals surface area contributed by atoms with Crippen LogP contribution < -0.4 is 0 Å². The third kappa shape index (κ3) is 3.66. The molecule has 1 unspecified atom stereocenters. The predicted molar refractivity (Wildman–Crippen MR) is 114 cm³/mol. The molecule has 1 aromatic carbocycles. The fourth-order valence-corrected chi connectivity index (χ4v) is 4.62. The number of ether oxygens (including phenoxy) is 1. The van der Waals surface area contributed by atoms with E-state index in [2.05, 4.69) is 15.0 Å². The smallest absolute Gasteiger partial charge is 0.233 e. The van der Waals surface area contributed by atoms with Crippen LogP contribution in [0.4, 0.5) is 0 Å². The zero-order valence-electron chi connectivity index (χ0n) is 16.0. The summed E-state index contributed by atoms with van der Waals surface area (Å²) in [5.74, 6) is 0.253. The maximum Gasteiger partial charge on any atom is 0.233 e. The molecule has 1 aliphatic heterocycles. The van der Waals surface area contributed by atoms with Crippen LogP contribution in [0.2, 0.25) is 0 Å². The normalized spacial score (nSPS) is 18.5. The molecule has 2 atom stereocenters. The van der Waals surface area contributed by atoms with Gasteiger partial charge in [-0.1, -0.05) is 36.4 Å². The van der Waals surface area contributed by atoms with Crippen molar-refractivity contribution in [3.05, 3.63) is 71.2 Å². The number of rotatable bonds is 4. The van der Waals surface area contributed by atoms with Crippen LogP contribution in [0.1, 0.15) is 22.8 Å². The van der Waals surface area contributed by atoms with E-state index in [0.717, 1.165) is 5.56 Å². The van der Waals surface area contributed by atoms with Gasteiger partial charge < -0.3 is 14.9 Å². The second-order valence-electron chi connectivity index (χ2n) is 7.09. The number of fused-ring (bicyclic) bond motifs is 1. The van der Waals surface area contributed by atoms with E-state index in [-0.39, 0.29) is 12.0 Å². The van der Waals surface area contributed by atoms with Gasteiger partial charge in [0.25, 0.3) is 0 Å². The van der Waals surface area contributed by atoms with Gasteiger partial charge in [0.05, 0.1) is 23.1 Å². The minimum absolute atomic E-state index is 0.0899. The maximum absolute atomic E-state index is 11.0. The molecule has 1 saturated heterocycles. The predicted octanol–water partition coefficient (Wildman–Crippen LogP) is 3.52. The second-order valence-corrected chi connectivity index (χ2v) is 8.17. The molecule has 1 fully saturated rings. The van der Waals surface area contributed by atoms with Gasteiger partial charge >= 0.3 is 0 Å². The number of aliphatic hydroxyl groups is 1. The number of pyridine rings is 1. The molecular formula is C22H20N4O3S. The van der Waals surface area contributed by atoms with Crippen LogP contribution in [-0.2, 0) is 4.74 Å². The monoisotopic (exact) mass is 420 g/mol. The average Bonchev–Trinajstić information content (AvgIpc) is 3.25. The molecule has 8 heteroatoms. The minimum Gasteiger partial charge on any atom is -0.492 e. The number of aromatic nitrogens is 3. The number of benzene rings is 1. The van der Waals surface area contributed by atoms with Gasteiger partial charge in [-0.05, 0) is 23.8 Å². The highest BCUT2D eigenvalue weighted by atomic mass is 32.1. The summed E-state index contributed by atoms with van der Waals surface area (Å²) in [6.07, 6.45) is 0.759. The molecule has 5 rings (SSSR count). The van der Waals surface area contributed by atoms with Crippen molar-refractivity contribution >= 4 is 21.6 Å². The van der Waals surface area contributed by atoms with Crippen molar-refractivity contribution in [2.75, 3.05) is 19.7 Å². The van der Waals surface area contributed by atoms with Crippen LogP contribution in [0.25, 0.3) is 21.7 Å². The number of aromatic hydroxyl groups is 1. The fourth-order valence-electron chi connectivity index (χ4n) is 3.61. The summed E-state index contributed by atoms with van der Waals surface area (Å²) in [5.41, 5.74) is 2.27. The average molecular weight is 420 g/mol. The Morgan fingerprint density at radius 1 is 1.10 bits per heavy atom. The standard InChI is InChI=1S/C22H20N4O3S/c27-21-19-16(24-20(25-21)15-8-4-5-9-23-15)12-18(30-19)22(28)26-10-11-29-17(13-26)14-6-2-1-3-7-14/h1-9,12,17,22,28H,10-11,13H2,(H,24,25,27)/t17?,22-/m1/s1. The number of thiophene rings is 1. The third-order valence-corrected chi connectivity index (χ3v) is 6.30. The van der Waals surface area contributed by atoms with Gasteiger partial charge in [-0.2, -0.15) is 4.98 Å². The molecule has 2 N–H and O–H groups in total. The Morgan fingerprint density at radius 3 is 2.73 bits per heavy atom. The molecule has 0 saturated carbocycles. The number of aliphatic hydroxyl groups excluding tert-OH is 1. The largest absolute Gasteiger partial charge is 0.492 e. The van der Waals surface area contributed by atoms with Crippen molar-refractivity contribution in [3.8, 4) is 17.4 Å². The molecule has 4 aromatic rings.